The van der Waals surface area contributed by atoms with Crippen LogP contribution in [0.3, 0.4) is 0 Å². The second-order valence-electron chi connectivity index (χ2n) is 3.55. The first-order chi connectivity index (χ1) is 8.15. The molecule has 6 heteroatoms. The van der Waals surface area contributed by atoms with E-state index < -0.39 is 0 Å². The average Bonchev–Trinajstić information content (AvgIpc) is 2.72. The molecule has 1 amide bonds. The van der Waals surface area contributed by atoms with Gasteiger partial charge in [-0.3, -0.25) is 9.78 Å². The van der Waals surface area contributed by atoms with Crippen LogP contribution in [0.4, 0.5) is 5.69 Å². The Morgan fingerprint density at radius 2 is 2.29 bits per heavy atom. The van der Waals surface area contributed by atoms with E-state index in [0.29, 0.717) is 17.8 Å². The van der Waals surface area contributed by atoms with E-state index in [2.05, 4.69) is 15.3 Å². The molecule has 5 nitrogen and oxygen atoms in total. The van der Waals surface area contributed by atoms with E-state index in [1.165, 1.54) is 12.4 Å². The summed E-state index contributed by atoms with van der Waals surface area (Å²) in [5.74, 6) is -0.197. The van der Waals surface area contributed by atoms with Gasteiger partial charge in [-0.05, 0) is 13.0 Å². The molecule has 0 saturated carbocycles. The van der Waals surface area contributed by atoms with Gasteiger partial charge < -0.3 is 11.1 Å². The van der Waals surface area contributed by atoms with E-state index in [4.69, 9.17) is 5.73 Å². The van der Waals surface area contributed by atoms with Gasteiger partial charge >= 0.3 is 0 Å². The number of rotatable bonds is 3. The third-order valence-corrected chi connectivity index (χ3v) is 3.00. The van der Waals surface area contributed by atoms with E-state index in [9.17, 15) is 4.79 Å². The van der Waals surface area contributed by atoms with E-state index in [1.807, 2.05) is 6.92 Å². The molecule has 0 radical (unpaired) electrons. The number of hydrogen-bond acceptors (Lipinski definition) is 5. The van der Waals surface area contributed by atoms with Crippen molar-refractivity contribution in [2.24, 2.45) is 0 Å². The van der Waals surface area contributed by atoms with Crippen molar-refractivity contribution in [1.29, 1.82) is 0 Å². The summed E-state index contributed by atoms with van der Waals surface area (Å²) < 4.78 is 0. The largest absolute Gasteiger partial charge is 0.397 e. The highest BCUT2D eigenvalue weighted by Crippen LogP contribution is 2.11. The number of aryl methyl sites for hydroxylation is 1. The lowest BCUT2D eigenvalue weighted by Crippen LogP contribution is -2.22. The number of carbonyl (C=O) groups is 1. The molecule has 0 bridgehead atoms. The van der Waals surface area contributed by atoms with Crippen molar-refractivity contribution in [3.63, 3.8) is 0 Å². The quantitative estimate of drug-likeness (QED) is 0.859. The maximum absolute atomic E-state index is 11.7. The second kappa shape index (κ2) is 4.92. The fourth-order valence-corrected chi connectivity index (χ4v) is 2.05. The van der Waals surface area contributed by atoms with E-state index in [-0.39, 0.29) is 5.91 Å². The molecule has 0 atom stereocenters. The van der Waals surface area contributed by atoms with E-state index in [1.54, 1.807) is 23.6 Å². The molecule has 0 aliphatic heterocycles. The van der Waals surface area contributed by atoms with E-state index >= 15 is 0 Å². The number of pyridine rings is 1. The predicted octanol–water partition coefficient (Wildman–Crippen LogP) is 1.36. The summed E-state index contributed by atoms with van der Waals surface area (Å²) in [4.78, 5) is 20.9. The van der Waals surface area contributed by atoms with Crippen molar-refractivity contribution < 1.29 is 4.79 Å². The summed E-state index contributed by atoms with van der Waals surface area (Å²) in [6.07, 6.45) is 4.77. The van der Waals surface area contributed by atoms with Gasteiger partial charge in [0, 0.05) is 23.5 Å². The molecular weight excluding hydrogens is 236 g/mol. The number of hydrogen-bond donors (Lipinski definition) is 2. The molecule has 2 heterocycles. The number of aromatic nitrogens is 2. The van der Waals surface area contributed by atoms with Crippen molar-refractivity contribution in [3.05, 3.63) is 40.1 Å². The zero-order valence-corrected chi connectivity index (χ0v) is 10.1. The Balaban J connectivity index is 1.98. The van der Waals surface area contributed by atoms with Gasteiger partial charge in [0.2, 0.25) is 0 Å². The fraction of sp³-hybridized carbons (Fsp3) is 0.182. The maximum Gasteiger partial charge on any atom is 0.253 e. The molecule has 2 aromatic rings. The molecule has 0 aliphatic carbocycles. The third kappa shape index (κ3) is 3.01. The summed E-state index contributed by atoms with van der Waals surface area (Å²) >= 11 is 1.56. The SMILES string of the molecule is Cc1cnc(CNC(=O)c2cncc(N)c2)s1. The standard InChI is InChI=1S/C11H12N4OS/c1-7-3-14-10(17-7)6-15-11(16)8-2-9(12)5-13-4-8/h2-5H,6,12H2,1H3,(H,15,16). The zero-order chi connectivity index (χ0) is 12.3. The molecule has 88 valence electrons. The summed E-state index contributed by atoms with van der Waals surface area (Å²) in [5.41, 5.74) is 6.49. The van der Waals surface area contributed by atoms with Crippen LogP contribution in [0.2, 0.25) is 0 Å². The number of carbonyl (C=O) groups excluding carboxylic acids is 1. The van der Waals surface area contributed by atoms with Gasteiger partial charge in [0.1, 0.15) is 5.01 Å². The lowest BCUT2D eigenvalue weighted by molar-refractivity contribution is 0.0950. The van der Waals surface area contributed by atoms with Crippen LogP contribution in [-0.2, 0) is 6.54 Å². The number of thiazole rings is 1. The highest BCUT2D eigenvalue weighted by atomic mass is 32.1. The lowest BCUT2D eigenvalue weighted by Gasteiger charge is -2.03. The molecule has 2 aromatic heterocycles. The molecule has 0 spiro atoms. The molecule has 0 aromatic carbocycles. The Morgan fingerprint density at radius 3 is 2.94 bits per heavy atom. The smallest absolute Gasteiger partial charge is 0.253 e. The monoisotopic (exact) mass is 248 g/mol. The highest BCUT2D eigenvalue weighted by molar-refractivity contribution is 7.11. The van der Waals surface area contributed by atoms with Crippen molar-refractivity contribution in [2.45, 2.75) is 13.5 Å². The van der Waals surface area contributed by atoms with Crippen LogP contribution < -0.4 is 11.1 Å². The van der Waals surface area contributed by atoms with Crippen LogP contribution in [0.15, 0.2) is 24.7 Å². The molecular formula is C11H12N4OS. The van der Waals surface area contributed by atoms with Crippen LogP contribution in [-0.4, -0.2) is 15.9 Å². The summed E-state index contributed by atoms with van der Waals surface area (Å²) in [6, 6.07) is 1.59. The van der Waals surface area contributed by atoms with Gasteiger partial charge in [-0.15, -0.1) is 11.3 Å². The number of nitrogens with zero attached hydrogens (tertiary/aromatic N) is 2. The first kappa shape index (κ1) is 11.5. The van der Waals surface area contributed by atoms with Crippen molar-refractivity contribution in [1.82, 2.24) is 15.3 Å². The molecule has 3 N–H and O–H groups in total. The Labute approximate surface area is 103 Å². The Bertz CT molecular complexity index is 538. The minimum Gasteiger partial charge on any atom is -0.397 e. The maximum atomic E-state index is 11.7. The molecule has 0 saturated heterocycles. The van der Waals surface area contributed by atoms with Gasteiger partial charge in [-0.2, -0.15) is 0 Å². The normalized spacial score (nSPS) is 10.2. The van der Waals surface area contributed by atoms with E-state index in [0.717, 1.165) is 9.88 Å². The number of nitrogens with two attached hydrogens (primary N) is 1. The van der Waals surface area contributed by atoms with Crippen molar-refractivity contribution in [2.75, 3.05) is 5.73 Å². The van der Waals surface area contributed by atoms with Crippen LogP contribution in [0.5, 0.6) is 0 Å². The summed E-state index contributed by atoms with van der Waals surface area (Å²) in [5, 5.41) is 3.65. The number of nitrogen functional groups attached to an aromatic ring is 1. The van der Waals surface area contributed by atoms with Crippen molar-refractivity contribution >= 4 is 22.9 Å². The third-order valence-electron chi connectivity index (χ3n) is 2.09. The highest BCUT2D eigenvalue weighted by Gasteiger charge is 2.07. The average molecular weight is 248 g/mol. The van der Waals surface area contributed by atoms with Crippen LogP contribution in [0.25, 0.3) is 0 Å². The number of amides is 1. The lowest BCUT2D eigenvalue weighted by atomic mass is 10.2. The van der Waals surface area contributed by atoms with Gasteiger partial charge in [-0.25, -0.2) is 4.98 Å². The van der Waals surface area contributed by atoms with Gasteiger partial charge in [-0.1, -0.05) is 0 Å². The predicted molar refractivity (Wildman–Crippen MR) is 66.7 cm³/mol. The fourth-order valence-electron chi connectivity index (χ4n) is 1.32. The van der Waals surface area contributed by atoms with Gasteiger partial charge in [0.15, 0.2) is 0 Å². The van der Waals surface area contributed by atoms with Crippen LogP contribution in [0.1, 0.15) is 20.2 Å². The minimum atomic E-state index is -0.197. The first-order valence-corrected chi connectivity index (χ1v) is 5.87. The van der Waals surface area contributed by atoms with Gasteiger partial charge in [0.05, 0.1) is 17.8 Å². The summed E-state index contributed by atoms with van der Waals surface area (Å²) in [7, 11) is 0. The topological polar surface area (TPSA) is 80.9 Å². The Hall–Kier alpha value is -1.95. The van der Waals surface area contributed by atoms with Gasteiger partial charge in [0.25, 0.3) is 5.91 Å². The second-order valence-corrected chi connectivity index (χ2v) is 4.87. The van der Waals surface area contributed by atoms with Crippen molar-refractivity contribution in [3.8, 4) is 0 Å². The minimum absolute atomic E-state index is 0.197. The summed E-state index contributed by atoms with van der Waals surface area (Å²) in [6.45, 7) is 2.40. The number of nitrogens with one attached hydrogen (secondary N) is 1. The Kier molecular flexibility index (Phi) is 3.34. The molecule has 17 heavy (non-hydrogen) atoms. The molecule has 2 rings (SSSR count). The first-order valence-electron chi connectivity index (χ1n) is 5.05. The number of anilines is 1. The molecule has 0 fully saturated rings. The van der Waals surface area contributed by atoms with Crippen LogP contribution >= 0.6 is 11.3 Å². The van der Waals surface area contributed by atoms with Crippen LogP contribution in [0, 0.1) is 6.92 Å². The Morgan fingerprint density at radius 1 is 1.47 bits per heavy atom. The molecule has 0 unspecified atom stereocenters. The zero-order valence-electron chi connectivity index (χ0n) is 9.30. The molecule has 0 aliphatic rings.